The molecule has 7 heteroatoms. The minimum Gasteiger partial charge on any atom is -0.353 e. The average Bonchev–Trinajstić information content (AvgIpc) is 2.86. The van der Waals surface area contributed by atoms with Gasteiger partial charge in [0.2, 0.25) is 5.58 Å². The second-order valence-electron chi connectivity index (χ2n) is 4.67. The Morgan fingerprint density at radius 1 is 1.33 bits per heavy atom. The maximum Gasteiger partial charge on any atom is 0.279 e. The van der Waals surface area contributed by atoms with Crippen LogP contribution in [0.4, 0.5) is 0 Å². The molecule has 0 N–H and O–H groups in total. The monoisotopic (exact) mass is 367 g/mol. The predicted octanol–water partition coefficient (Wildman–Crippen LogP) is 3.35. The van der Waals surface area contributed by atoms with E-state index in [0.717, 1.165) is 5.56 Å². The van der Waals surface area contributed by atoms with Crippen molar-refractivity contribution in [1.82, 2.24) is 14.9 Å². The van der Waals surface area contributed by atoms with Crippen molar-refractivity contribution >= 4 is 38.5 Å². The molecule has 0 amide bonds. The maximum absolute atomic E-state index is 12.4. The predicted molar refractivity (Wildman–Crippen MR) is 83.7 cm³/mol. The quantitative estimate of drug-likeness (QED) is 0.711. The summed E-state index contributed by atoms with van der Waals surface area (Å²) in [6, 6.07) is 7.53. The van der Waals surface area contributed by atoms with Gasteiger partial charge in [0.15, 0.2) is 4.60 Å². The van der Waals surface area contributed by atoms with Crippen molar-refractivity contribution in [3.63, 3.8) is 0 Å². The van der Waals surface area contributed by atoms with Crippen LogP contribution in [0.15, 0.2) is 38.2 Å². The summed E-state index contributed by atoms with van der Waals surface area (Å²) in [5.74, 6) is 0. The Balaban J connectivity index is 1.94. The van der Waals surface area contributed by atoms with Gasteiger partial charge in [-0.1, -0.05) is 28.9 Å². The summed E-state index contributed by atoms with van der Waals surface area (Å²) in [5.41, 5.74) is 1.85. The van der Waals surface area contributed by atoms with E-state index in [-0.39, 0.29) is 5.56 Å². The molecular formula is C14H11BrClN3O2. The Morgan fingerprint density at radius 3 is 2.76 bits per heavy atom. The van der Waals surface area contributed by atoms with Crippen molar-refractivity contribution < 1.29 is 4.52 Å². The maximum atomic E-state index is 12.4. The Kier molecular flexibility index (Phi) is 3.82. The highest BCUT2D eigenvalue weighted by molar-refractivity contribution is 9.10. The number of benzene rings is 1. The second kappa shape index (κ2) is 5.61. The van der Waals surface area contributed by atoms with Gasteiger partial charge in [-0.05, 0) is 47.0 Å². The molecule has 0 atom stereocenters. The summed E-state index contributed by atoms with van der Waals surface area (Å²) < 4.78 is 7.01. The molecule has 0 unspecified atom stereocenters. The summed E-state index contributed by atoms with van der Waals surface area (Å²) in [5, 5.41) is 9.18. The van der Waals surface area contributed by atoms with E-state index < -0.39 is 0 Å². The van der Waals surface area contributed by atoms with Gasteiger partial charge in [-0.25, -0.2) is 4.68 Å². The van der Waals surface area contributed by atoms with Gasteiger partial charge in [0.25, 0.3) is 5.56 Å². The van der Waals surface area contributed by atoms with Gasteiger partial charge >= 0.3 is 0 Å². The van der Waals surface area contributed by atoms with E-state index in [9.17, 15) is 4.79 Å². The lowest BCUT2D eigenvalue weighted by molar-refractivity contribution is 0.446. The van der Waals surface area contributed by atoms with Gasteiger partial charge in [-0.2, -0.15) is 5.10 Å². The number of halogens is 2. The molecular weight excluding hydrogens is 358 g/mol. The fourth-order valence-corrected chi connectivity index (χ4v) is 2.71. The van der Waals surface area contributed by atoms with E-state index in [2.05, 4.69) is 26.2 Å². The van der Waals surface area contributed by atoms with Gasteiger partial charge in [-0.15, -0.1) is 0 Å². The Bertz CT molecular complexity index is 855. The van der Waals surface area contributed by atoms with Crippen LogP contribution < -0.4 is 5.56 Å². The van der Waals surface area contributed by atoms with E-state index in [4.69, 9.17) is 16.1 Å². The van der Waals surface area contributed by atoms with Crippen LogP contribution in [0.25, 0.3) is 11.0 Å². The normalized spacial score (nSPS) is 11.2. The standard InChI is InChI=1S/C14H11BrClN3O2/c1-8-11-12(21-18-8)13(15)17-19(14(11)20)7-6-9-2-4-10(16)5-3-9/h2-5H,6-7H2,1H3. The van der Waals surface area contributed by atoms with Crippen LogP contribution in [0.1, 0.15) is 11.3 Å². The van der Waals surface area contributed by atoms with Gasteiger partial charge in [-0.3, -0.25) is 4.79 Å². The molecule has 3 rings (SSSR count). The van der Waals surface area contributed by atoms with Crippen molar-refractivity contribution in [3.8, 4) is 0 Å². The van der Waals surface area contributed by atoms with Crippen molar-refractivity contribution in [2.45, 2.75) is 19.9 Å². The molecule has 0 fully saturated rings. The minimum absolute atomic E-state index is 0.194. The zero-order valence-corrected chi connectivity index (χ0v) is 13.5. The van der Waals surface area contributed by atoms with E-state index in [0.29, 0.717) is 39.3 Å². The number of hydrogen-bond acceptors (Lipinski definition) is 4. The van der Waals surface area contributed by atoms with Crippen molar-refractivity contribution in [1.29, 1.82) is 0 Å². The van der Waals surface area contributed by atoms with Crippen LogP contribution in [-0.4, -0.2) is 14.9 Å². The van der Waals surface area contributed by atoms with Crippen LogP contribution in [-0.2, 0) is 13.0 Å². The minimum atomic E-state index is -0.194. The third-order valence-electron chi connectivity index (χ3n) is 3.23. The SMILES string of the molecule is Cc1noc2c(Br)nn(CCc3ccc(Cl)cc3)c(=O)c12. The van der Waals surface area contributed by atoms with Gasteiger partial charge in [0, 0.05) is 11.6 Å². The Labute approximate surface area is 133 Å². The van der Waals surface area contributed by atoms with Crippen LogP contribution >= 0.6 is 27.5 Å². The first-order chi connectivity index (χ1) is 10.1. The van der Waals surface area contributed by atoms with Crippen LogP contribution in [0.3, 0.4) is 0 Å². The van der Waals surface area contributed by atoms with Gasteiger partial charge in [0.1, 0.15) is 5.39 Å². The highest BCUT2D eigenvalue weighted by atomic mass is 79.9. The lowest BCUT2D eigenvalue weighted by atomic mass is 10.1. The molecule has 5 nitrogen and oxygen atoms in total. The zero-order chi connectivity index (χ0) is 15.0. The first kappa shape index (κ1) is 14.3. The summed E-state index contributed by atoms with van der Waals surface area (Å²) in [4.78, 5) is 12.4. The molecule has 2 heterocycles. The van der Waals surface area contributed by atoms with E-state index in [1.807, 2.05) is 24.3 Å². The molecule has 0 spiro atoms. The Hall–Kier alpha value is -1.66. The highest BCUT2D eigenvalue weighted by Gasteiger charge is 2.16. The number of hydrogen-bond donors (Lipinski definition) is 0. The molecule has 1 aromatic carbocycles. The summed E-state index contributed by atoms with van der Waals surface area (Å²) in [7, 11) is 0. The smallest absolute Gasteiger partial charge is 0.279 e. The molecule has 0 radical (unpaired) electrons. The third-order valence-corrected chi connectivity index (χ3v) is 4.00. The van der Waals surface area contributed by atoms with Gasteiger partial charge < -0.3 is 4.52 Å². The molecule has 0 aliphatic heterocycles. The first-order valence-corrected chi connectivity index (χ1v) is 7.50. The Morgan fingerprint density at radius 2 is 2.05 bits per heavy atom. The number of nitrogens with zero attached hydrogens (tertiary/aromatic N) is 3. The molecule has 0 aliphatic rings. The summed E-state index contributed by atoms with van der Waals surface area (Å²) in [6.07, 6.45) is 0.687. The molecule has 3 aromatic rings. The van der Waals surface area contributed by atoms with Crippen molar-refractivity contribution in [3.05, 3.63) is 55.5 Å². The van der Waals surface area contributed by atoms with E-state index in [1.165, 1.54) is 4.68 Å². The average molecular weight is 369 g/mol. The van der Waals surface area contributed by atoms with Crippen LogP contribution in [0.5, 0.6) is 0 Å². The number of rotatable bonds is 3. The topological polar surface area (TPSA) is 60.9 Å². The molecule has 108 valence electrons. The molecule has 21 heavy (non-hydrogen) atoms. The lowest BCUT2D eigenvalue weighted by Gasteiger charge is -2.05. The van der Waals surface area contributed by atoms with E-state index >= 15 is 0 Å². The van der Waals surface area contributed by atoms with E-state index in [1.54, 1.807) is 6.92 Å². The number of aryl methyl sites for hydroxylation is 3. The number of aromatic nitrogens is 3. The molecule has 2 aromatic heterocycles. The highest BCUT2D eigenvalue weighted by Crippen LogP contribution is 2.20. The molecule has 0 saturated heterocycles. The van der Waals surface area contributed by atoms with Crippen molar-refractivity contribution in [2.24, 2.45) is 0 Å². The fourth-order valence-electron chi connectivity index (χ4n) is 2.13. The molecule has 0 aliphatic carbocycles. The third kappa shape index (κ3) is 2.73. The second-order valence-corrected chi connectivity index (χ2v) is 5.86. The summed E-state index contributed by atoms with van der Waals surface area (Å²) in [6.45, 7) is 2.21. The lowest BCUT2D eigenvalue weighted by Crippen LogP contribution is -2.24. The van der Waals surface area contributed by atoms with Crippen LogP contribution in [0, 0.1) is 6.92 Å². The van der Waals surface area contributed by atoms with Crippen molar-refractivity contribution in [2.75, 3.05) is 0 Å². The first-order valence-electron chi connectivity index (χ1n) is 6.33. The summed E-state index contributed by atoms with van der Waals surface area (Å²) >= 11 is 9.16. The van der Waals surface area contributed by atoms with Crippen LogP contribution in [0.2, 0.25) is 5.02 Å². The molecule has 0 saturated carbocycles. The number of fused-ring (bicyclic) bond motifs is 1. The molecule has 0 bridgehead atoms. The van der Waals surface area contributed by atoms with Gasteiger partial charge in [0.05, 0.1) is 5.69 Å². The zero-order valence-electron chi connectivity index (χ0n) is 11.1. The fraction of sp³-hybridized carbons (Fsp3) is 0.214. The largest absolute Gasteiger partial charge is 0.353 e.